The smallest absolute Gasteiger partial charge is 0.222 e. The van der Waals surface area contributed by atoms with Crippen LogP contribution in [0.2, 0.25) is 0 Å². The molecule has 0 spiro atoms. The fourth-order valence-electron chi connectivity index (χ4n) is 2.31. The zero-order valence-electron chi connectivity index (χ0n) is 11.8. The maximum Gasteiger partial charge on any atom is 0.222 e. The maximum atomic E-state index is 5.93. The number of hydrogen-bond acceptors (Lipinski definition) is 4. The van der Waals surface area contributed by atoms with E-state index in [2.05, 4.69) is 42.6 Å². The minimum atomic E-state index is 0.462. The van der Waals surface area contributed by atoms with E-state index >= 15 is 0 Å². The van der Waals surface area contributed by atoms with Gasteiger partial charge < -0.3 is 11.1 Å². The van der Waals surface area contributed by atoms with Gasteiger partial charge in [0.2, 0.25) is 5.95 Å². The van der Waals surface area contributed by atoms with Gasteiger partial charge in [0.15, 0.2) is 0 Å². The topological polar surface area (TPSA) is 63.8 Å². The molecule has 0 aliphatic heterocycles. The molecule has 4 nitrogen and oxygen atoms in total. The Morgan fingerprint density at radius 2 is 2.11 bits per heavy atom. The van der Waals surface area contributed by atoms with E-state index < -0.39 is 0 Å². The van der Waals surface area contributed by atoms with Crippen LogP contribution in [0.3, 0.4) is 0 Å². The molecular formula is C14H24N4. The fourth-order valence-corrected chi connectivity index (χ4v) is 2.31. The Hall–Kier alpha value is -1.58. The van der Waals surface area contributed by atoms with Crippen LogP contribution < -0.4 is 11.1 Å². The van der Waals surface area contributed by atoms with Crippen LogP contribution in [0.25, 0.3) is 0 Å². The largest absolute Gasteiger partial charge is 0.396 e. The first-order valence-electron chi connectivity index (χ1n) is 6.41. The molecule has 0 aliphatic rings. The van der Waals surface area contributed by atoms with Crippen molar-refractivity contribution in [3.63, 3.8) is 0 Å². The number of aromatic nitrogens is 2. The summed E-state index contributed by atoms with van der Waals surface area (Å²) in [6.07, 6.45) is 4.54. The lowest BCUT2D eigenvalue weighted by atomic mass is 9.82. The average Bonchev–Trinajstić information content (AvgIpc) is 2.32. The highest BCUT2D eigenvalue weighted by molar-refractivity contribution is 5.44. The molecule has 1 heterocycles. The summed E-state index contributed by atoms with van der Waals surface area (Å²) in [5, 5.41) is 2.94. The summed E-state index contributed by atoms with van der Waals surface area (Å²) >= 11 is 0. The Bertz CT molecular complexity index is 401. The van der Waals surface area contributed by atoms with E-state index in [1.165, 1.54) is 0 Å². The second kappa shape index (κ2) is 6.38. The molecule has 1 aromatic rings. The molecule has 0 bridgehead atoms. The molecule has 1 rings (SSSR count). The highest BCUT2D eigenvalue weighted by atomic mass is 15.1. The molecule has 0 saturated heterocycles. The van der Waals surface area contributed by atoms with Crippen LogP contribution in [0.1, 0.15) is 26.5 Å². The van der Waals surface area contributed by atoms with Crippen molar-refractivity contribution in [1.82, 2.24) is 9.97 Å². The van der Waals surface area contributed by atoms with Crippen LogP contribution in [0.15, 0.2) is 18.9 Å². The quantitative estimate of drug-likeness (QED) is 0.760. The predicted octanol–water partition coefficient (Wildman–Crippen LogP) is 2.74. The Morgan fingerprint density at radius 1 is 1.44 bits per heavy atom. The summed E-state index contributed by atoms with van der Waals surface area (Å²) in [7, 11) is 1.80. The van der Waals surface area contributed by atoms with Crippen LogP contribution in [-0.2, 0) is 6.42 Å². The minimum Gasteiger partial charge on any atom is -0.396 e. The molecule has 2 unspecified atom stereocenters. The maximum absolute atomic E-state index is 5.93. The molecule has 2 atom stereocenters. The zero-order valence-corrected chi connectivity index (χ0v) is 11.8. The standard InChI is InChI=1S/C14H24N4/c1-6-11(9(2)3)10(4)7-13-12(15)8-17-14(16-5)18-13/h6,8-11H,1,7,15H2,2-5H3,(H,16,17,18). The van der Waals surface area contributed by atoms with E-state index in [4.69, 9.17) is 5.73 Å². The third kappa shape index (κ3) is 3.45. The first kappa shape index (κ1) is 14.5. The molecule has 0 amide bonds. The third-order valence-electron chi connectivity index (χ3n) is 3.34. The van der Waals surface area contributed by atoms with Crippen molar-refractivity contribution in [2.75, 3.05) is 18.1 Å². The lowest BCUT2D eigenvalue weighted by Crippen LogP contribution is -2.19. The number of hydrogen-bond donors (Lipinski definition) is 2. The molecule has 0 saturated carbocycles. The molecule has 0 aromatic carbocycles. The van der Waals surface area contributed by atoms with Crippen LogP contribution in [-0.4, -0.2) is 17.0 Å². The summed E-state index contributed by atoms with van der Waals surface area (Å²) in [6, 6.07) is 0. The summed E-state index contributed by atoms with van der Waals surface area (Å²) in [6.45, 7) is 10.6. The van der Waals surface area contributed by atoms with Crippen molar-refractivity contribution in [1.29, 1.82) is 0 Å². The van der Waals surface area contributed by atoms with Crippen molar-refractivity contribution >= 4 is 11.6 Å². The Kier molecular flexibility index (Phi) is 5.13. The van der Waals surface area contributed by atoms with Gasteiger partial charge in [-0.3, -0.25) is 0 Å². The van der Waals surface area contributed by atoms with Crippen molar-refractivity contribution in [3.05, 3.63) is 24.5 Å². The van der Waals surface area contributed by atoms with Gasteiger partial charge >= 0.3 is 0 Å². The Balaban J connectivity index is 2.86. The van der Waals surface area contributed by atoms with E-state index in [1.807, 2.05) is 6.08 Å². The Labute approximate surface area is 110 Å². The normalized spacial score (nSPS) is 14.3. The van der Waals surface area contributed by atoms with Gasteiger partial charge in [-0.1, -0.05) is 26.8 Å². The molecule has 3 N–H and O–H groups in total. The predicted molar refractivity (Wildman–Crippen MR) is 77.4 cm³/mol. The second-order valence-corrected chi connectivity index (χ2v) is 5.08. The number of rotatable bonds is 6. The van der Waals surface area contributed by atoms with Crippen LogP contribution in [0, 0.1) is 17.8 Å². The van der Waals surface area contributed by atoms with E-state index in [0.29, 0.717) is 29.4 Å². The molecule has 18 heavy (non-hydrogen) atoms. The van der Waals surface area contributed by atoms with Gasteiger partial charge in [0.1, 0.15) is 0 Å². The first-order valence-corrected chi connectivity index (χ1v) is 6.41. The molecule has 0 fully saturated rings. The van der Waals surface area contributed by atoms with Crippen molar-refractivity contribution < 1.29 is 0 Å². The Morgan fingerprint density at radius 3 is 2.61 bits per heavy atom. The summed E-state index contributed by atoms with van der Waals surface area (Å²) < 4.78 is 0. The molecule has 4 heteroatoms. The van der Waals surface area contributed by atoms with Crippen LogP contribution >= 0.6 is 0 Å². The van der Waals surface area contributed by atoms with E-state index in [1.54, 1.807) is 13.2 Å². The number of nitrogens with one attached hydrogen (secondary N) is 1. The number of nitrogens with zero attached hydrogens (tertiary/aromatic N) is 2. The second-order valence-electron chi connectivity index (χ2n) is 5.08. The van der Waals surface area contributed by atoms with E-state index in [9.17, 15) is 0 Å². The lowest BCUT2D eigenvalue weighted by molar-refractivity contribution is 0.331. The summed E-state index contributed by atoms with van der Waals surface area (Å²) in [5.74, 6) is 2.12. The van der Waals surface area contributed by atoms with Crippen LogP contribution in [0.4, 0.5) is 11.6 Å². The van der Waals surface area contributed by atoms with Crippen molar-refractivity contribution in [2.45, 2.75) is 27.2 Å². The average molecular weight is 248 g/mol. The SMILES string of the molecule is C=CC(C(C)C)C(C)Cc1nc(NC)ncc1N. The van der Waals surface area contributed by atoms with Crippen LogP contribution in [0.5, 0.6) is 0 Å². The summed E-state index contributed by atoms with van der Waals surface area (Å²) in [4.78, 5) is 8.52. The highest BCUT2D eigenvalue weighted by Gasteiger charge is 2.19. The number of anilines is 2. The fraction of sp³-hybridized carbons (Fsp3) is 0.571. The monoisotopic (exact) mass is 248 g/mol. The van der Waals surface area contributed by atoms with Crippen molar-refractivity contribution in [3.8, 4) is 0 Å². The van der Waals surface area contributed by atoms with Gasteiger partial charge in [-0.25, -0.2) is 9.97 Å². The van der Waals surface area contributed by atoms with Gasteiger partial charge in [0.25, 0.3) is 0 Å². The molecular weight excluding hydrogens is 224 g/mol. The van der Waals surface area contributed by atoms with Crippen molar-refractivity contribution in [2.24, 2.45) is 17.8 Å². The highest BCUT2D eigenvalue weighted by Crippen LogP contribution is 2.26. The van der Waals surface area contributed by atoms with Gasteiger partial charge in [0.05, 0.1) is 17.6 Å². The first-order chi connectivity index (χ1) is 8.49. The molecule has 0 aliphatic carbocycles. The zero-order chi connectivity index (χ0) is 13.7. The van der Waals surface area contributed by atoms with Gasteiger partial charge in [-0.15, -0.1) is 6.58 Å². The number of nitrogen functional groups attached to an aromatic ring is 1. The summed E-state index contributed by atoms with van der Waals surface area (Å²) in [5.41, 5.74) is 7.50. The van der Waals surface area contributed by atoms with Gasteiger partial charge in [-0.05, 0) is 24.2 Å². The molecule has 100 valence electrons. The number of nitrogens with two attached hydrogens (primary N) is 1. The molecule has 1 aromatic heterocycles. The minimum absolute atomic E-state index is 0.462. The van der Waals surface area contributed by atoms with Gasteiger partial charge in [0, 0.05) is 7.05 Å². The third-order valence-corrected chi connectivity index (χ3v) is 3.34. The lowest BCUT2D eigenvalue weighted by Gasteiger charge is -2.24. The van der Waals surface area contributed by atoms with Gasteiger partial charge in [-0.2, -0.15) is 0 Å². The van der Waals surface area contributed by atoms with E-state index in [-0.39, 0.29) is 0 Å². The van der Waals surface area contributed by atoms with E-state index in [0.717, 1.165) is 12.1 Å². The molecule has 0 radical (unpaired) electrons. The number of allylic oxidation sites excluding steroid dienone is 1.